The molecule has 0 aliphatic carbocycles. The average Bonchev–Trinajstić information content (AvgIpc) is 2.89. The van der Waals surface area contributed by atoms with E-state index in [4.69, 9.17) is 45.3 Å². The lowest BCUT2D eigenvalue weighted by Crippen LogP contribution is -2.42. The number of carbonyl (C=O) groups is 3. The third-order valence-corrected chi connectivity index (χ3v) is 4.88. The van der Waals surface area contributed by atoms with Crippen LogP contribution in [0, 0.1) is 6.92 Å². The minimum atomic E-state index is -1.21. The Morgan fingerprint density at radius 2 is 1.90 bits per heavy atom. The number of rotatable bonds is 6. The van der Waals surface area contributed by atoms with E-state index in [1.807, 2.05) is 5.32 Å². The first kappa shape index (κ1) is 22.7. The van der Waals surface area contributed by atoms with E-state index in [2.05, 4.69) is 5.10 Å². The molecule has 0 radical (unpaired) electrons. The Morgan fingerprint density at radius 3 is 2.48 bits per heavy atom. The van der Waals surface area contributed by atoms with Crippen molar-refractivity contribution in [1.82, 2.24) is 15.1 Å². The highest BCUT2D eigenvalue weighted by molar-refractivity contribution is 6.36. The van der Waals surface area contributed by atoms with Crippen molar-refractivity contribution < 1.29 is 19.1 Å². The average molecular weight is 460 g/mol. The normalized spacial score (nSPS) is 12.0. The van der Waals surface area contributed by atoms with Crippen LogP contribution in [0.15, 0.2) is 24.3 Å². The second-order valence-electron chi connectivity index (χ2n) is 5.91. The van der Waals surface area contributed by atoms with Crippen LogP contribution in [0.1, 0.15) is 23.7 Å². The van der Waals surface area contributed by atoms with Gasteiger partial charge in [0.2, 0.25) is 0 Å². The molecule has 3 N–H and O–H groups in total. The van der Waals surface area contributed by atoms with Gasteiger partial charge in [-0.3, -0.25) is 10.1 Å². The minimum absolute atomic E-state index is 0.237. The van der Waals surface area contributed by atoms with Crippen molar-refractivity contribution in [1.29, 1.82) is 0 Å². The molecule has 0 saturated heterocycles. The molecule has 1 heterocycles. The van der Waals surface area contributed by atoms with E-state index in [1.54, 1.807) is 25.1 Å². The minimum Gasteiger partial charge on any atom is -0.449 e. The maximum absolute atomic E-state index is 11.9. The predicted molar refractivity (Wildman–Crippen MR) is 110 cm³/mol. The molecule has 154 valence electrons. The van der Waals surface area contributed by atoms with Crippen LogP contribution in [0.2, 0.25) is 15.2 Å². The van der Waals surface area contributed by atoms with Crippen molar-refractivity contribution in [2.45, 2.75) is 26.5 Å². The van der Waals surface area contributed by atoms with Gasteiger partial charge < -0.3 is 10.5 Å². The molecule has 0 aliphatic rings. The first-order valence-electron chi connectivity index (χ1n) is 8.25. The molecule has 2 aromatic rings. The zero-order valence-electron chi connectivity index (χ0n) is 15.4. The van der Waals surface area contributed by atoms with Crippen LogP contribution in [0.5, 0.6) is 0 Å². The van der Waals surface area contributed by atoms with Gasteiger partial charge in [0.05, 0.1) is 12.2 Å². The standard InChI is InChI=1S/C18H17Cl3N4O4/c1-9-11(6-7-15(26)29-10(2)17(27)23-18(22)28)16(21)25(24-9)8-12-13(19)4-3-5-14(12)20/h3-7,10H,8H2,1-2H3,(H3,22,23,27,28)/b7-6+. The highest BCUT2D eigenvalue weighted by Gasteiger charge is 2.18. The molecular formula is C18H17Cl3N4O4. The van der Waals surface area contributed by atoms with Gasteiger partial charge in [-0.1, -0.05) is 40.9 Å². The lowest BCUT2D eigenvalue weighted by molar-refractivity contribution is -0.149. The van der Waals surface area contributed by atoms with Crippen molar-refractivity contribution >= 4 is 58.8 Å². The number of hydrogen-bond acceptors (Lipinski definition) is 5. The van der Waals surface area contributed by atoms with Crippen LogP contribution in [0.4, 0.5) is 4.79 Å². The number of esters is 1. The summed E-state index contributed by atoms with van der Waals surface area (Å²) < 4.78 is 6.40. The summed E-state index contributed by atoms with van der Waals surface area (Å²) in [6.45, 7) is 3.25. The van der Waals surface area contributed by atoms with Crippen LogP contribution in [-0.2, 0) is 20.9 Å². The number of nitrogens with zero attached hydrogens (tertiary/aromatic N) is 2. The number of amides is 3. The molecule has 0 fully saturated rings. The molecule has 3 amide bonds. The van der Waals surface area contributed by atoms with Crippen LogP contribution < -0.4 is 11.1 Å². The molecule has 2 rings (SSSR count). The van der Waals surface area contributed by atoms with Crippen LogP contribution >= 0.6 is 34.8 Å². The number of halogens is 3. The van der Waals surface area contributed by atoms with Gasteiger partial charge in [0.1, 0.15) is 5.15 Å². The number of hydrogen-bond donors (Lipinski definition) is 2. The Balaban J connectivity index is 2.13. The Bertz CT molecular complexity index is 967. The van der Waals surface area contributed by atoms with E-state index >= 15 is 0 Å². The number of aryl methyl sites for hydroxylation is 1. The third kappa shape index (κ3) is 5.96. The number of carbonyl (C=O) groups excluding carboxylic acids is 3. The van der Waals surface area contributed by atoms with Gasteiger partial charge in [0.15, 0.2) is 6.10 Å². The number of primary amides is 1. The quantitative estimate of drug-likeness (QED) is 0.507. The highest BCUT2D eigenvalue weighted by atomic mass is 35.5. The molecule has 1 aromatic heterocycles. The second-order valence-corrected chi connectivity index (χ2v) is 7.09. The molecule has 8 nitrogen and oxygen atoms in total. The summed E-state index contributed by atoms with van der Waals surface area (Å²) in [6.07, 6.45) is 1.30. The van der Waals surface area contributed by atoms with E-state index in [0.29, 0.717) is 26.9 Å². The van der Waals surface area contributed by atoms with E-state index in [-0.39, 0.29) is 11.7 Å². The van der Waals surface area contributed by atoms with Crippen LogP contribution in [0.3, 0.4) is 0 Å². The maximum Gasteiger partial charge on any atom is 0.331 e. The van der Waals surface area contributed by atoms with Gasteiger partial charge in [-0.25, -0.2) is 14.3 Å². The number of benzene rings is 1. The number of aromatic nitrogens is 2. The van der Waals surface area contributed by atoms with Gasteiger partial charge in [-0.2, -0.15) is 5.10 Å². The molecule has 1 aromatic carbocycles. The Hall–Kier alpha value is -2.55. The SMILES string of the molecule is Cc1nn(Cc2c(Cl)cccc2Cl)c(Cl)c1/C=C/C(=O)OC(C)C(=O)NC(N)=O. The predicted octanol–water partition coefficient (Wildman–Crippen LogP) is 3.34. The summed E-state index contributed by atoms with van der Waals surface area (Å²) in [5, 5.41) is 7.37. The van der Waals surface area contributed by atoms with Crippen molar-refractivity contribution in [3.63, 3.8) is 0 Å². The van der Waals surface area contributed by atoms with Gasteiger partial charge in [0.25, 0.3) is 5.91 Å². The first-order valence-corrected chi connectivity index (χ1v) is 9.38. The molecule has 0 bridgehead atoms. The molecule has 0 spiro atoms. The monoisotopic (exact) mass is 458 g/mol. The number of nitrogens with two attached hydrogens (primary N) is 1. The fourth-order valence-corrected chi connectivity index (χ4v) is 3.15. The zero-order valence-corrected chi connectivity index (χ0v) is 17.7. The molecular weight excluding hydrogens is 443 g/mol. The van der Waals surface area contributed by atoms with E-state index < -0.39 is 24.0 Å². The summed E-state index contributed by atoms with van der Waals surface area (Å²) >= 11 is 18.7. The van der Waals surface area contributed by atoms with Gasteiger partial charge in [-0.15, -0.1) is 0 Å². The summed E-state index contributed by atoms with van der Waals surface area (Å²) in [5.41, 5.74) is 6.54. The topological polar surface area (TPSA) is 116 Å². The molecule has 1 unspecified atom stereocenters. The Kier molecular flexibility index (Phi) is 7.66. The molecule has 29 heavy (non-hydrogen) atoms. The van der Waals surface area contributed by atoms with Crippen LogP contribution in [-0.4, -0.2) is 33.8 Å². The van der Waals surface area contributed by atoms with Crippen molar-refractivity contribution in [2.24, 2.45) is 5.73 Å². The molecule has 1 atom stereocenters. The smallest absolute Gasteiger partial charge is 0.331 e. The largest absolute Gasteiger partial charge is 0.449 e. The third-order valence-electron chi connectivity index (χ3n) is 3.77. The fraction of sp³-hybridized carbons (Fsp3) is 0.222. The lowest BCUT2D eigenvalue weighted by Gasteiger charge is -2.10. The van der Waals surface area contributed by atoms with Gasteiger partial charge >= 0.3 is 12.0 Å². The Morgan fingerprint density at radius 1 is 1.28 bits per heavy atom. The number of imide groups is 1. The first-order chi connectivity index (χ1) is 13.6. The summed E-state index contributed by atoms with van der Waals surface area (Å²) in [7, 11) is 0. The summed E-state index contributed by atoms with van der Waals surface area (Å²) in [5.74, 6) is -1.65. The lowest BCUT2D eigenvalue weighted by atomic mass is 10.2. The zero-order chi connectivity index (χ0) is 21.7. The van der Waals surface area contributed by atoms with Crippen molar-refractivity contribution in [3.05, 3.63) is 56.3 Å². The maximum atomic E-state index is 11.9. The summed E-state index contributed by atoms with van der Waals surface area (Å²) in [4.78, 5) is 34.1. The second kappa shape index (κ2) is 9.78. The van der Waals surface area contributed by atoms with Crippen molar-refractivity contribution in [3.8, 4) is 0 Å². The van der Waals surface area contributed by atoms with Crippen molar-refractivity contribution in [2.75, 3.05) is 0 Å². The van der Waals surface area contributed by atoms with E-state index in [9.17, 15) is 14.4 Å². The Labute approximate surface area is 181 Å². The number of nitrogens with one attached hydrogen (secondary N) is 1. The van der Waals surface area contributed by atoms with Gasteiger partial charge in [-0.05, 0) is 32.1 Å². The van der Waals surface area contributed by atoms with E-state index in [1.165, 1.54) is 17.7 Å². The van der Waals surface area contributed by atoms with E-state index in [0.717, 1.165) is 6.08 Å². The molecule has 0 aliphatic heterocycles. The highest BCUT2D eigenvalue weighted by Crippen LogP contribution is 2.28. The molecule has 0 saturated carbocycles. The van der Waals surface area contributed by atoms with Gasteiger partial charge in [0, 0.05) is 27.2 Å². The van der Waals surface area contributed by atoms with Crippen LogP contribution in [0.25, 0.3) is 6.08 Å². The number of urea groups is 1. The fourth-order valence-electron chi connectivity index (χ4n) is 2.34. The molecule has 11 heteroatoms. The summed E-state index contributed by atoms with van der Waals surface area (Å²) in [6, 6.07) is 4.11. The number of ether oxygens (including phenoxy) is 1.